The molecule has 1 aliphatic heterocycles. The number of fused-ring (bicyclic) bond motifs is 1. The molecule has 36 heavy (non-hydrogen) atoms. The number of furan rings is 1. The number of nitrogens with zero attached hydrogens (tertiary/aromatic N) is 4. The van der Waals surface area contributed by atoms with Crippen molar-refractivity contribution < 1.29 is 9.21 Å². The topological polar surface area (TPSA) is 74.5 Å². The molecule has 0 aromatic carbocycles. The van der Waals surface area contributed by atoms with Crippen LogP contribution < -0.4 is 10.2 Å². The van der Waals surface area contributed by atoms with Crippen LogP contribution in [0.5, 0.6) is 0 Å². The molecule has 2 aliphatic rings. The third kappa shape index (κ3) is 4.54. The Morgan fingerprint density at radius 1 is 1.00 bits per heavy atom. The second-order valence-corrected chi connectivity index (χ2v) is 10.4. The smallest absolute Gasteiger partial charge is 0.291 e. The van der Waals surface area contributed by atoms with Crippen LogP contribution in [0.25, 0.3) is 0 Å². The number of rotatable bonds is 6. The van der Waals surface area contributed by atoms with E-state index in [0.29, 0.717) is 5.76 Å². The van der Waals surface area contributed by atoms with Crippen LogP contribution in [0.1, 0.15) is 51.0 Å². The largest absolute Gasteiger partial charge is 0.459 e. The zero-order valence-corrected chi connectivity index (χ0v) is 20.9. The van der Waals surface area contributed by atoms with Crippen LogP contribution >= 0.6 is 11.3 Å². The number of aromatic nitrogens is 2. The molecule has 0 spiro atoms. The first-order chi connectivity index (χ1) is 17.8. The molecule has 0 bridgehead atoms. The van der Waals surface area contributed by atoms with Crippen LogP contribution in [0.4, 0.5) is 10.8 Å². The molecule has 8 heteroatoms. The number of piperazine rings is 1. The average Bonchev–Trinajstić information content (AvgIpc) is 3.60. The van der Waals surface area contributed by atoms with Crippen molar-refractivity contribution in [1.29, 1.82) is 0 Å². The van der Waals surface area contributed by atoms with Gasteiger partial charge in [0.15, 0.2) is 5.76 Å². The summed E-state index contributed by atoms with van der Waals surface area (Å²) in [6.07, 6.45) is 11.7. The minimum atomic E-state index is -0.204. The van der Waals surface area contributed by atoms with Crippen molar-refractivity contribution in [1.82, 2.24) is 14.9 Å². The maximum atomic E-state index is 13.0. The number of carbonyl (C=O) groups excluding carboxylic acids is 1. The number of amides is 1. The van der Waals surface area contributed by atoms with Gasteiger partial charge in [-0.15, -0.1) is 11.3 Å². The molecule has 7 nitrogen and oxygen atoms in total. The number of anilines is 2. The van der Waals surface area contributed by atoms with Gasteiger partial charge in [-0.1, -0.05) is 12.1 Å². The lowest BCUT2D eigenvalue weighted by Crippen LogP contribution is -2.48. The number of thiophene rings is 1. The normalized spacial score (nSPS) is 16.9. The van der Waals surface area contributed by atoms with E-state index >= 15 is 0 Å². The van der Waals surface area contributed by atoms with Crippen molar-refractivity contribution in [2.45, 2.75) is 31.7 Å². The molecule has 1 fully saturated rings. The maximum Gasteiger partial charge on any atom is 0.291 e. The third-order valence-electron chi connectivity index (χ3n) is 7.11. The molecule has 1 aliphatic carbocycles. The van der Waals surface area contributed by atoms with Gasteiger partial charge in [-0.2, -0.15) is 0 Å². The fourth-order valence-electron chi connectivity index (χ4n) is 5.39. The fraction of sp³-hybridized carbons (Fsp3) is 0.321. The van der Waals surface area contributed by atoms with Gasteiger partial charge in [-0.3, -0.25) is 14.7 Å². The Hall–Kier alpha value is -3.49. The number of carbonyl (C=O) groups is 1. The highest BCUT2D eigenvalue weighted by atomic mass is 32.1. The van der Waals surface area contributed by atoms with Gasteiger partial charge >= 0.3 is 0 Å². The minimum Gasteiger partial charge on any atom is -0.459 e. The summed E-state index contributed by atoms with van der Waals surface area (Å²) in [6.45, 7) is 3.58. The van der Waals surface area contributed by atoms with Crippen molar-refractivity contribution in [2.75, 3.05) is 36.4 Å². The second-order valence-electron chi connectivity index (χ2n) is 9.28. The third-order valence-corrected chi connectivity index (χ3v) is 8.33. The van der Waals surface area contributed by atoms with E-state index in [2.05, 4.69) is 37.2 Å². The Bertz CT molecular complexity index is 1300. The number of aryl methyl sites for hydroxylation is 1. The van der Waals surface area contributed by atoms with E-state index in [1.807, 2.05) is 36.8 Å². The van der Waals surface area contributed by atoms with E-state index in [9.17, 15) is 4.79 Å². The number of hydrogen-bond acceptors (Lipinski definition) is 7. The quantitative estimate of drug-likeness (QED) is 0.394. The Labute approximate surface area is 214 Å². The first-order valence-electron chi connectivity index (χ1n) is 12.6. The zero-order chi connectivity index (χ0) is 24.3. The zero-order valence-electron chi connectivity index (χ0n) is 20.1. The van der Waals surface area contributed by atoms with Crippen LogP contribution in [0.15, 0.2) is 71.7 Å². The van der Waals surface area contributed by atoms with Crippen molar-refractivity contribution in [3.8, 4) is 0 Å². The van der Waals surface area contributed by atoms with Gasteiger partial charge in [0.2, 0.25) is 0 Å². The van der Waals surface area contributed by atoms with E-state index in [1.54, 1.807) is 23.5 Å². The second kappa shape index (κ2) is 10.2. The Kier molecular flexibility index (Phi) is 6.53. The molecule has 5 heterocycles. The Morgan fingerprint density at radius 2 is 1.89 bits per heavy atom. The van der Waals surface area contributed by atoms with Crippen LogP contribution in [-0.2, 0) is 12.8 Å². The van der Waals surface area contributed by atoms with E-state index < -0.39 is 0 Å². The van der Waals surface area contributed by atoms with Gasteiger partial charge in [0.25, 0.3) is 5.91 Å². The van der Waals surface area contributed by atoms with Crippen molar-refractivity contribution >= 4 is 28.1 Å². The van der Waals surface area contributed by atoms with Crippen LogP contribution in [0.3, 0.4) is 0 Å². The monoisotopic (exact) mass is 499 g/mol. The average molecular weight is 500 g/mol. The fourth-order valence-corrected chi connectivity index (χ4v) is 6.71. The predicted molar refractivity (Wildman–Crippen MR) is 142 cm³/mol. The van der Waals surface area contributed by atoms with Gasteiger partial charge in [-0.05, 0) is 67.1 Å². The molecule has 4 aromatic rings. The molecule has 1 unspecified atom stereocenters. The Morgan fingerprint density at radius 3 is 2.64 bits per heavy atom. The predicted octanol–water partition coefficient (Wildman–Crippen LogP) is 5.17. The summed E-state index contributed by atoms with van der Waals surface area (Å²) in [5.74, 6) is 1.15. The highest BCUT2D eigenvalue weighted by molar-refractivity contribution is 7.16. The van der Waals surface area contributed by atoms with Gasteiger partial charge in [0.05, 0.1) is 12.3 Å². The number of hydrogen-bond donors (Lipinski definition) is 1. The van der Waals surface area contributed by atoms with Crippen LogP contribution in [0, 0.1) is 0 Å². The van der Waals surface area contributed by atoms with Crippen LogP contribution in [-0.4, -0.2) is 47.0 Å². The molecule has 1 amide bonds. The maximum absolute atomic E-state index is 13.0. The molecule has 0 radical (unpaired) electrons. The standard InChI is InChI=1S/C28H29N5O2S/c34-27(22-9-6-18-35-22)31-28-25(21-8-1-2-10-23(21)36-28)26(20-7-5-12-29-19-20)33-16-14-32(15-17-33)24-11-3-4-13-30-24/h3-7,9,11-13,18-19,26H,1-2,8,10,14-17H2,(H,31,34). The molecule has 0 saturated carbocycles. The molecule has 1 saturated heterocycles. The highest BCUT2D eigenvalue weighted by Gasteiger charge is 2.34. The summed E-state index contributed by atoms with van der Waals surface area (Å²) in [4.78, 5) is 28.3. The van der Waals surface area contributed by atoms with Gasteiger partial charge in [-0.25, -0.2) is 4.98 Å². The summed E-state index contributed by atoms with van der Waals surface area (Å²) >= 11 is 1.73. The van der Waals surface area contributed by atoms with Gasteiger partial charge in [0, 0.05) is 55.2 Å². The lowest BCUT2D eigenvalue weighted by atomic mass is 9.89. The summed E-state index contributed by atoms with van der Waals surface area (Å²) < 4.78 is 5.39. The first-order valence-corrected chi connectivity index (χ1v) is 13.4. The molecular formula is C28H29N5O2S. The summed E-state index contributed by atoms with van der Waals surface area (Å²) in [5.41, 5.74) is 3.79. The molecule has 4 aromatic heterocycles. The van der Waals surface area contributed by atoms with E-state index in [1.165, 1.54) is 35.1 Å². The van der Waals surface area contributed by atoms with Crippen molar-refractivity contribution in [3.63, 3.8) is 0 Å². The first kappa shape index (κ1) is 22.9. The lowest BCUT2D eigenvalue weighted by molar-refractivity contribution is 0.0996. The van der Waals surface area contributed by atoms with E-state index in [4.69, 9.17) is 4.42 Å². The molecular weight excluding hydrogens is 470 g/mol. The highest BCUT2D eigenvalue weighted by Crippen LogP contribution is 2.45. The molecule has 184 valence electrons. The number of nitrogens with one attached hydrogen (secondary N) is 1. The van der Waals surface area contributed by atoms with E-state index in [-0.39, 0.29) is 11.9 Å². The molecule has 1 atom stereocenters. The lowest BCUT2D eigenvalue weighted by Gasteiger charge is -2.40. The Balaban J connectivity index is 1.36. The molecule has 1 N–H and O–H groups in total. The van der Waals surface area contributed by atoms with Gasteiger partial charge in [0.1, 0.15) is 10.8 Å². The summed E-state index contributed by atoms with van der Waals surface area (Å²) in [7, 11) is 0. The number of pyridine rings is 2. The van der Waals surface area contributed by atoms with E-state index in [0.717, 1.165) is 55.4 Å². The SMILES string of the molecule is O=C(Nc1sc2c(c1C(c1cccnc1)N1CCN(c3ccccn3)CC1)CCCC2)c1ccco1. The summed E-state index contributed by atoms with van der Waals surface area (Å²) in [6, 6.07) is 13.7. The molecule has 6 rings (SSSR count). The minimum absolute atomic E-state index is 0.0228. The van der Waals surface area contributed by atoms with Crippen LogP contribution in [0.2, 0.25) is 0 Å². The summed E-state index contributed by atoms with van der Waals surface area (Å²) in [5, 5.41) is 4.15. The van der Waals surface area contributed by atoms with Gasteiger partial charge < -0.3 is 14.6 Å². The van der Waals surface area contributed by atoms with Crippen molar-refractivity contribution in [3.05, 3.63) is 94.6 Å². The van der Waals surface area contributed by atoms with Crippen molar-refractivity contribution in [2.24, 2.45) is 0 Å².